The predicted molar refractivity (Wildman–Crippen MR) is 131 cm³/mol. The van der Waals surface area contributed by atoms with E-state index in [9.17, 15) is 9.59 Å². The molecule has 33 heavy (non-hydrogen) atoms. The summed E-state index contributed by atoms with van der Waals surface area (Å²) >= 11 is 7.62. The number of fused-ring (bicyclic) bond motifs is 2. The number of halogens is 1. The first kappa shape index (κ1) is 21.4. The van der Waals surface area contributed by atoms with E-state index in [1.807, 2.05) is 36.6 Å². The standard InChI is InChI=1S/C24H19ClN4O3S/c1-3-28(17-7-8-19-20(12-17)32-14(2)26-19)21(30)13-29-24(31)18-9-10-33-23(18)22(27-29)15-5-4-6-16(25)11-15/h4-12H,3,13H2,1-2H3. The normalized spacial score (nSPS) is 11.4. The molecule has 3 heterocycles. The van der Waals surface area contributed by atoms with Crippen LogP contribution >= 0.6 is 22.9 Å². The number of benzene rings is 2. The Morgan fingerprint density at radius 1 is 1.21 bits per heavy atom. The lowest BCUT2D eigenvalue weighted by atomic mass is 10.1. The Morgan fingerprint density at radius 2 is 2.06 bits per heavy atom. The van der Waals surface area contributed by atoms with Gasteiger partial charge in [0.1, 0.15) is 17.8 Å². The molecule has 0 radical (unpaired) electrons. The first-order valence-electron chi connectivity index (χ1n) is 10.4. The molecule has 0 aliphatic rings. The number of oxazole rings is 1. The van der Waals surface area contributed by atoms with Crippen LogP contribution in [0.3, 0.4) is 0 Å². The van der Waals surface area contributed by atoms with Gasteiger partial charge in [0.25, 0.3) is 5.56 Å². The van der Waals surface area contributed by atoms with Crippen molar-refractivity contribution in [2.24, 2.45) is 0 Å². The van der Waals surface area contributed by atoms with Crippen molar-refractivity contribution in [1.29, 1.82) is 0 Å². The first-order valence-corrected chi connectivity index (χ1v) is 11.6. The lowest BCUT2D eigenvalue weighted by Crippen LogP contribution is -2.37. The molecule has 0 saturated carbocycles. The lowest BCUT2D eigenvalue weighted by Gasteiger charge is -2.21. The number of hydrogen-bond acceptors (Lipinski definition) is 6. The highest BCUT2D eigenvalue weighted by Gasteiger charge is 2.20. The van der Waals surface area contributed by atoms with E-state index >= 15 is 0 Å². The molecule has 5 aromatic rings. The highest BCUT2D eigenvalue weighted by Crippen LogP contribution is 2.30. The highest BCUT2D eigenvalue weighted by molar-refractivity contribution is 7.17. The van der Waals surface area contributed by atoms with Gasteiger partial charge in [-0.25, -0.2) is 9.67 Å². The highest BCUT2D eigenvalue weighted by atomic mass is 35.5. The Labute approximate surface area is 197 Å². The van der Waals surface area contributed by atoms with Gasteiger partial charge in [-0.2, -0.15) is 5.10 Å². The second kappa shape index (κ2) is 8.46. The third kappa shape index (κ3) is 3.92. The zero-order valence-electron chi connectivity index (χ0n) is 17.9. The maximum Gasteiger partial charge on any atom is 0.276 e. The molecule has 1 amide bonds. The summed E-state index contributed by atoms with van der Waals surface area (Å²) in [5.74, 6) is 0.305. The van der Waals surface area contributed by atoms with Crippen molar-refractivity contribution in [1.82, 2.24) is 14.8 Å². The van der Waals surface area contributed by atoms with Crippen molar-refractivity contribution >= 4 is 55.7 Å². The van der Waals surface area contributed by atoms with Crippen LogP contribution in [0.2, 0.25) is 5.02 Å². The Bertz CT molecular complexity index is 1570. The van der Waals surface area contributed by atoms with Gasteiger partial charge in [-0.1, -0.05) is 23.7 Å². The van der Waals surface area contributed by atoms with E-state index in [1.54, 1.807) is 36.1 Å². The van der Waals surface area contributed by atoms with Gasteiger partial charge >= 0.3 is 0 Å². The summed E-state index contributed by atoms with van der Waals surface area (Å²) in [7, 11) is 0. The van der Waals surface area contributed by atoms with Crippen LogP contribution in [0.1, 0.15) is 12.8 Å². The Morgan fingerprint density at radius 3 is 2.85 bits per heavy atom. The summed E-state index contributed by atoms with van der Waals surface area (Å²) in [5.41, 5.74) is 3.11. The maximum absolute atomic E-state index is 13.3. The van der Waals surface area contributed by atoms with Gasteiger partial charge in [-0.3, -0.25) is 9.59 Å². The number of likely N-dealkylation sites (N-methyl/N-ethyl adjacent to an activating group) is 1. The van der Waals surface area contributed by atoms with E-state index in [0.717, 1.165) is 15.8 Å². The lowest BCUT2D eigenvalue weighted by molar-refractivity contribution is -0.119. The van der Waals surface area contributed by atoms with Crippen LogP contribution in [0.25, 0.3) is 32.4 Å². The molecule has 0 fully saturated rings. The Hall–Kier alpha value is -3.49. The number of nitrogens with zero attached hydrogens (tertiary/aromatic N) is 4. The third-order valence-corrected chi connectivity index (χ3v) is 6.51. The Balaban J connectivity index is 1.54. The predicted octanol–water partition coefficient (Wildman–Crippen LogP) is 5.28. The SMILES string of the molecule is CCN(C(=O)Cn1nc(-c2cccc(Cl)c2)c2sccc2c1=O)c1ccc2nc(C)oc2c1. The van der Waals surface area contributed by atoms with Gasteiger partial charge in [0.05, 0.1) is 10.1 Å². The summed E-state index contributed by atoms with van der Waals surface area (Å²) in [6.07, 6.45) is 0. The van der Waals surface area contributed by atoms with E-state index in [0.29, 0.717) is 39.8 Å². The number of rotatable bonds is 5. The van der Waals surface area contributed by atoms with Gasteiger partial charge in [0, 0.05) is 35.8 Å². The van der Waals surface area contributed by atoms with Crippen LogP contribution in [0, 0.1) is 6.92 Å². The Kier molecular flexibility index (Phi) is 5.47. The average molecular weight is 479 g/mol. The van der Waals surface area contributed by atoms with Crippen molar-refractivity contribution < 1.29 is 9.21 Å². The number of thiophene rings is 1. The smallest absolute Gasteiger partial charge is 0.276 e. The minimum atomic E-state index is -0.303. The average Bonchev–Trinajstić information content (AvgIpc) is 3.42. The van der Waals surface area contributed by atoms with E-state index < -0.39 is 0 Å². The first-order chi connectivity index (χ1) is 15.9. The second-order valence-corrected chi connectivity index (χ2v) is 8.86. The van der Waals surface area contributed by atoms with E-state index in [-0.39, 0.29) is 18.0 Å². The minimum Gasteiger partial charge on any atom is -0.441 e. The number of carbonyl (C=O) groups excluding carboxylic acids is 1. The molecule has 0 N–H and O–H groups in total. The molecule has 5 rings (SSSR count). The molecule has 3 aromatic heterocycles. The van der Waals surface area contributed by atoms with E-state index in [4.69, 9.17) is 16.0 Å². The molecule has 0 unspecified atom stereocenters. The van der Waals surface area contributed by atoms with Crippen molar-refractivity contribution in [2.75, 3.05) is 11.4 Å². The van der Waals surface area contributed by atoms with Gasteiger partial charge in [0.15, 0.2) is 11.5 Å². The number of carbonyl (C=O) groups is 1. The number of amides is 1. The molecule has 0 aliphatic heterocycles. The number of aromatic nitrogens is 3. The molecule has 166 valence electrons. The van der Waals surface area contributed by atoms with E-state index in [1.165, 1.54) is 16.0 Å². The quantitative estimate of drug-likeness (QED) is 0.343. The zero-order chi connectivity index (χ0) is 23.1. The monoisotopic (exact) mass is 478 g/mol. The van der Waals surface area contributed by atoms with E-state index in [2.05, 4.69) is 10.1 Å². The zero-order valence-corrected chi connectivity index (χ0v) is 19.5. The van der Waals surface area contributed by atoms with Crippen LogP contribution in [0.4, 0.5) is 5.69 Å². The van der Waals surface area contributed by atoms with Gasteiger partial charge in [0.2, 0.25) is 5.91 Å². The fraction of sp³-hybridized carbons (Fsp3) is 0.167. The van der Waals surface area contributed by atoms with Crippen molar-refractivity contribution in [3.63, 3.8) is 0 Å². The minimum absolute atomic E-state index is 0.195. The van der Waals surface area contributed by atoms with Crippen LogP contribution in [0.5, 0.6) is 0 Å². The molecule has 0 spiro atoms. The molecule has 9 heteroatoms. The molecular weight excluding hydrogens is 460 g/mol. The molecule has 0 saturated heterocycles. The molecule has 0 aliphatic carbocycles. The fourth-order valence-electron chi connectivity index (χ4n) is 3.86. The van der Waals surface area contributed by atoms with Gasteiger partial charge in [-0.05, 0) is 42.6 Å². The number of anilines is 1. The summed E-state index contributed by atoms with van der Waals surface area (Å²) < 4.78 is 7.61. The van der Waals surface area contributed by atoms with Crippen LogP contribution < -0.4 is 10.5 Å². The second-order valence-electron chi connectivity index (χ2n) is 7.51. The van der Waals surface area contributed by atoms with Crippen LogP contribution in [-0.2, 0) is 11.3 Å². The van der Waals surface area contributed by atoms with Gasteiger partial charge in [-0.15, -0.1) is 11.3 Å². The van der Waals surface area contributed by atoms with Crippen molar-refractivity contribution in [3.05, 3.63) is 75.2 Å². The summed E-state index contributed by atoms with van der Waals surface area (Å²) in [6.45, 7) is 3.88. The third-order valence-electron chi connectivity index (χ3n) is 5.36. The topological polar surface area (TPSA) is 81.2 Å². The molecule has 0 atom stereocenters. The van der Waals surface area contributed by atoms with Crippen molar-refractivity contribution in [3.8, 4) is 11.3 Å². The molecule has 2 aromatic carbocycles. The molecule has 7 nitrogen and oxygen atoms in total. The van der Waals surface area contributed by atoms with Crippen LogP contribution in [0.15, 0.2) is 63.1 Å². The fourth-order valence-corrected chi connectivity index (χ4v) is 4.94. The summed E-state index contributed by atoms with van der Waals surface area (Å²) in [6, 6.07) is 14.5. The summed E-state index contributed by atoms with van der Waals surface area (Å²) in [4.78, 5) is 32.3. The molecular formula is C24H19ClN4O3S. The number of aryl methyl sites for hydroxylation is 1. The van der Waals surface area contributed by atoms with Crippen molar-refractivity contribution in [2.45, 2.75) is 20.4 Å². The van der Waals surface area contributed by atoms with Gasteiger partial charge < -0.3 is 9.32 Å². The summed E-state index contributed by atoms with van der Waals surface area (Å²) in [5, 5.41) is 7.52. The largest absolute Gasteiger partial charge is 0.441 e. The number of hydrogen-bond donors (Lipinski definition) is 0. The van der Waals surface area contributed by atoms with Crippen LogP contribution in [-0.4, -0.2) is 27.2 Å². The maximum atomic E-state index is 13.3. The molecule has 0 bridgehead atoms.